The lowest BCUT2D eigenvalue weighted by atomic mass is 10.1. The second-order valence-electron chi connectivity index (χ2n) is 4.99. The van der Waals surface area contributed by atoms with Crippen molar-refractivity contribution in [3.05, 3.63) is 28.2 Å². The normalized spacial score (nSPS) is 21.5. The highest BCUT2D eigenvalue weighted by atomic mass is 79.9. The molecule has 2 unspecified atom stereocenters. The molecular weight excluding hydrogens is 276 g/mol. The Morgan fingerprint density at radius 1 is 1.53 bits per heavy atom. The second-order valence-corrected chi connectivity index (χ2v) is 5.84. The number of hydrogen-bond acceptors (Lipinski definition) is 2. The first kappa shape index (κ1) is 12.9. The summed E-state index contributed by atoms with van der Waals surface area (Å²) < 4.78 is 1.17. The predicted molar refractivity (Wildman–Crippen MR) is 77.6 cm³/mol. The van der Waals surface area contributed by atoms with Crippen molar-refractivity contribution in [3.8, 4) is 0 Å². The molecule has 3 heteroatoms. The van der Waals surface area contributed by atoms with Crippen LogP contribution in [0.1, 0.15) is 31.7 Å². The number of nitrogens with one attached hydrogen (secondary N) is 2. The van der Waals surface area contributed by atoms with Gasteiger partial charge in [0.2, 0.25) is 0 Å². The van der Waals surface area contributed by atoms with Crippen molar-refractivity contribution < 1.29 is 0 Å². The molecule has 1 aromatic carbocycles. The fourth-order valence-electron chi connectivity index (χ4n) is 2.47. The molecule has 2 N–H and O–H groups in total. The number of halogens is 1. The second kappa shape index (κ2) is 5.87. The van der Waals surface area contributed by atoms with E-state index in [2.05, 4.69) is 58.6 Å². The Bertz CT molecular complexity index is 372. The van der Waals surface area contributed by atoms with Gasteiger partial charge in [-0.3, -0.25) is 0 Å². The lowest BCUT2D eigenvalue weighted by Gasteiger charge is -2.20. The highest BCUT2D eigenvalue weighted by molar-refractivity contribution is 9.10. The molecule has 1 aliphatic heterocycles. The van der Waals surface area contributed by atoms with E-state index in [-0.39, 0.29) is 0 Å². The van der Waals surface area contributed by atoms with Gasteiger partial charge in [0.1, 0.15) is 0 Å². The van der Waals surface area contributed by atoms with Crippen molar-refractivity contribution in [3.63, 3.8) is 0 Å². The molecule has 0 bridgehead atoms. The van der Waals surface area contributed by atoms with Crippen molar-refractivity contribution in [2.45, 2.75) is 45.2 Å². The molecule has 1 heterocycles. The summed E-state index contributed by atoms with van der Waals surface area (Å²) in [5.74, 6) is 0. The summed E-state index contributed by atoms with van der Waals surface area (Å²) in [6.07, 6.45) is 3.85. The first-order valence-electron chi connectivity index (χ1n) is 6.42. The van der Waals surface area contributed by atoms with Gasteiger partial charge in [-0.2, -0.15) is 0 Å². The van der Waals surface area contributed by atoms with Crippen LogP contribution in [0.3, 0.4) is 0 Å². The van der Waals surface area contributed by atoms with Gasteiger partial charge in [-0.05, 0) is 57.4 Å². The number of anilines is 1. The van der Waals surface area contributed by atoms with Crippen molar-refractivity contribution in [1.82, 2.24) is 5.32 Å². The van der Waals surface area contributed by atoms with E-state index in [1.807, 2.05) is 0 Å². The Morgan fingerprint density at radius 3 is 3.06 bits per heavy atom. The monoisotopic (exact) mass is 296 g/mol. The predicted octanol–water partition coefficient (Wildman–Crippen LogP) is 3.70. The summed E-state index contributed by atoms with van der Waals surface area (Å²) in [7, 11) is 0. The van der Waals surface area contributed by atoms with E-state index in [0.29, 0.717) is 12.1 Å². The molecule has 2 rings (SSSR count). The SMILES string of the molecule is Cc1c(Br)cccc1NC(C)CC1CCCN1. The zero-order chi connectivity index (χ0) is 12.3. The van der Waals surface area contributed by atoms with Crippen molar-refractivity contribution >= 4 is 21.6 Å². The van der Waals surface area contributed by atoms with Gasteiger partial charge in [-0.25, -0.2) is 0 Å². The van der Waals surface area contributed by atoms with Crippen LogP contribution in [-0.2, 0) is 0 Å². The molecule has 0 aromatic heterocycles. The van der Waals surface area contributed by atoms with Crippen LogP contribution in [0, 0.1) is 6.92 Å². The first-order valence-corrected chi connectivity index (χ1v) is 7.21. The standard InChI is InChI=1S/C14H21BrN2/c1-10(9-12-5-4-8-16-12)17-14-7-3-6-13(15)11(14)2/h3,6-7,10,12,16-17H,4-5,8-9H2,1-2H3. The summed E-state index contributed by atoms with van der Waals surface area (Å²) in [6.45, 7) is 5.60. The molecule has 94 valence electrons. The third-order valence-corrected chi connectivity index (χ3v) is 4.33. The van der Waals surface area contributed by atoms with E-state index >= 15 is 0 Å². The van der Waals surface area contributed by atoms with Gasteiger partial charge >= 0.3 is 0 Å². The maximum absolute atomic E-state index is 3.61. The van der Waals surface area contributed by atoms with Crippen molar-refractivity contribution in [2.24, 2.45) is 0 Å². The van der Waals surface area contributed by atoms with Crippen LogP contribution in [-0.4, -0.2) is 18.6 Å². The number of hydrogen-bond donors (Lipinski definition) is 2. The zero-order valence-corrected chi connectivity index (χ0v) is 12.2. The van der Waals surface area contributed by atoms with E-state index in [1.54, 1.807) is 0 Å². The molecule has 0 aliphatic carbocycles. The van der Waals surface area contributed by atoms with E-state index in [9.17, 15) is 0 Å². The fraction of sp³-hybridized carbons (Fsp3) is 0.571. The molecule has 1 aliphatic rings. The molecule has 0 radical (unpaired) electrons. The van der Waals surface area contributed by atoms with Crippen LogP contribution >= 0.6 is 15.9 Å². The molecule has 2 atom stereocenters. The summed E-state index contributed by atoms with van der Waals surface area (Å²) in [4.78, 5) is 0. The Balaban J connectivity index is 1.93. The maximum Gasteiger partial charge on any atom is 0.0383 e. The Kier molecular flexibility index (Phi) is 4.46. The molecular formula is C14H21BrN2. The smallest absolute Gasteiger partial charge is 0.0383 e. The van der Waals surface area contributed by atoms with Gasteiger partial charge in [0.15, 0.2) is 0 Å². The molecule has 1 saturated heterocycles. The Hall–Kier alpha value is -0.540. The lowest BCUT2D eigenvalue weighted by Crippen LogP contribution is -2.29. The number of benzene rings is 1. The van der Waals surface area contributed by atoms with Gasteiger partial charge in [-0.1, -0.05) is 22.0 Å². The maximum atomic E-state index is 3.61. The summed E-state index contributed by atoms with van der Waals surface area (Å²) in [5.41, 5.74) is 2.53. The minimum Gasteiger partial charge on any atom is -0.382 e. The lowest BCUT2D eigenvalue weighted by molar-refractivity contribution is 0.523. The highest BCUT2D eigenvalue weighted by Crippen LogP contribution is 2.24. The average molecular weight is 297 g/mol. The minimum absolute atomic E-state index is 0.513. The van der Waals surface area contributed by atoms with Crippen LogP contribution in [0.2, 0.25) is 0 Å². The van der Waals surface area contributed by atoms with Crippen LogP contribution < -0.4 is 10.6 Å². The molecule has 0 spiro atoms. The third kappa shape index (κ3) is 3.46. The molecule has 2 nitrogen and oxygen atoms in total. The average Bonchev–Trinajstić information content (AvgIpc) is 2.77. The van der Waals surface area contributed by atoms with E-state index in [0.717, 1.165) is 0 Å². The largest absolute Gasteiger partial charge is 0.382 e. The molecule has 1 fully saturated rings. The Morgan fingerprint density at radius 2 is 2.35 bits per heavy atom. The van der Waals surface area contributed by atoms with Gasteiger partial charge < -0.3 is 10.6 Å². The van der Waals surface area contributed by atoms with Crippen molar-refractivity contribution in [1.29, 1.82) is 0 Å². The van der Waals surface area contributed by atoms with Crippen molar-refractivity contribution in [2.75, 3.05) is 11.9 Å². The van der Waals surface area contributed by atoms with E-state index in [4.69, 9.17) is 0 Å². The molecule has 0 saturated carbocycles. The minimum atomic E-state index is 0.513. The summed E-state index contributed by atoms with van der Waals surface area (Å²) in [5, 5.41) is 7.16. The van der Waals surface area contributed by atoms with Crippen LogP contribution in [0.5, 0.6) is 0 Å². The topological polar surface area (TPSA) is 24.1 Å². The first-order chi connectivity index (χ1) is 8.16. The highest BCUT2D eigenvalue weighted by Gasteiger charge is 2.17. The van der Waals surface area contributed by atoms with Gasteiger partial charge in [0.05, 0.1) is 0 Å². The summed E-state index contributed by atoms with van der Waals surface area (Å²) >= 11 is 3.57. The van der Waals surface area contributed by atoms with Crippen LogP contribution in [0.15, 0.2) is 22.7 Å². The fourth-order valence-corrected chi connectivity index (χ4v) is 2.84. The van der Waals surface area contributed by atoms with Crippen LogP contribution in [0.4, 0.5) is 5.69 Å². The molecule has 17 heavy (non-hydrogen) atoms. The third-order valence-electron chi connectivity index (χ3n) is 3.47. The van der Waals surface area contributed by atoms with Crippen LogP contribution in [0.25, 0.3) is 0 Å². The van der Waals surface area contributed by atoms with Gasteiger partial charge in [0, 0.05) is 22.2 Å². The number of rotatable bonds is 4. The zero-order valence-electron chi connectivity index (χ0n) is 10.6. The quantitative estimate of drug-likeness (QED) is 0.885. The molecule has 0 amide bonds. The van der Waals surface area contributed by atoms with Gasteiger partial charge in [0.25, 0.3) is 0 Å². The Labute approximate surface area is 112 Å². The molecule has 1 aromatic rings. The van der Waals surface area contributed by atoms with Gasteiger partial charge in [-0.15, -0.1) is 0 Å². The summed E-state index contributed by atoms with van der Waals surface area (Å²) in [6, 6.07) is 7.53. The van der Waals surface area contributed by atoms with E-state index in [1.165, 1.54) is 41.5 Å². The van der Waals surface area contributed by atoms with E-state index < -0.39 is 0 Å².